The van der Waals surface area contributed by atoms with E-state index < -0.39 is 21.6 Å². The largest absolute Gasteiger partial charge is 0.381 e. The van der Waals surface area contributed by atoms with E-state index in [1.165, 1.54) is 17.7 Å². The summed E-state index contributed by atoms with van der Waals surface area (Å²) in [5, 5.41) is 36.2. The maximum atomic E-state index is 13.0. The van der Waals surface area contributed by atoms with Crippen LogP contribution in [0.15, 0.2) is 106 Å². The first-order valence-electron chi connectivity index (χ1n) is 28.3. The van der Waals surface area contributed by atoms with Gasteiger partial charge in [0.2, 0.25) is 0 Å². The van der Waals surface area contributed by atoms with Crippen molar-refractivity contribution < 1.29 is 27.4 Å². The number of aryl methyl sites for hydroxylation is 3. The molecular formula is C61H74N12O6S3. The SMILES string of the molecule is C1CCOC1.Cc1[nH]nc(Nc2ccnc3ccc(SC4CCOCC4)cc23)c1C.Cc1[nH]nc(Nc2ccnc3ccc([S@@](=O)C4CCOCC4)cc23)c1C.Cc1[nH]nc(Nc2ccnc3ccc([S@](=O)C4CCOCC4)cc23)c1C. The first-order chi connectivity index (χ1) is 40.0. The molecule has 6 N–H and O–H groups in total. The van der Waals surface area contributed by atoms with Crippen LogP contribution in [0.4, 0.5) is 34.5 Å². The lowest BCUT2D eigenvalue weighted by atomic mass is 10.2. The molecule has 3 aromatic carbocycles. The third kappa shape index (κ3) is 14.6. The van der Waals surface area contributed by atoms with E-state index >= 15 is 0 Å². The molecule has 0 bridgehead atoms. The van der Waals surface area contributed by atoms with Crippen molar-refractivity contribution >= 4 is 101 Å². The van der Waals surface area contributed by atoms with Crippen molar-refractivity contribution in [3.8, 4) is 0 Å². The van der Waals surface area contributed by atoms with Crippen molar-refractivity contribution in [3.05, 3.63) is 125 Å². The van der Waals surface area contributed by atoms with Crippen molar-refractivity contribution in [1.82, 2.24) is 45.5 Å². The van der Waals surface area contributed by atoms with E-state index in [0.717, 1.165) is 176 Å². The number of nitrogens with zero attached hydrogens (tertiary/aromatic N) is 6. The number of nitrogens with one attached hydrogen (secondary N) is 6. The van der Waals surface area contributed by atoms with Crippen LogP contribution < -0.4 is 16.0 Å². The van der Waals surface area contributed by atoms with E-state index in [1.54, 1.807) is 12.4 Å². The summed E-state index contributed by atoms with van der Waals surface area (Å²) in [5.41, 5.74) is 12.0. The minimum atomic E-state index is -1.04. The Balaban J connectivity index is 0.000000132. The molecule has 0 radical (unpaired) electrons. The van der Waals surface area contributed by atoms with Crippen molar-refractivity contribution in [2.45, 2.75) is 123 Å². The number of aromatic amines is 3. The zero-order valence-electron chi connectivity index (χ0n) is 47.6. The van der Waals surface area contributed by atoms with E-state index in [-0.39, 0.29) is 10.5 Å². The second-order valence-corrected chi connectivity index (χ2v) is 25.8. The third-order valence-electron chi connectivity index (χ3n) is 15.4. The number of hydrogen-bond donors (Lipinski definition) is 6. The summed E-state index contributed by atoms with van der Waals surface area (Å²) < 4.78 is 47.1. The number of thioether (sulfide) groups is 1. The molecular weight excluding hydrogens is 1090 g/mol. The van der Waals surface area contributed by atoms with Crippen LogP contribution in [0, 0.1) is 41.5 Å². The molecule has 82 heavy (non-hydrogen) atoms. The molecule has 0 spiro atoms. The van der Waals surface area contributed by atoms with Crippen LogP contribution in [0.1, 0.15) is 85.1 Å². The molecule has 9 aromatic rings. The highest BCUT2D eigenvalue weighted by atomic mass is 32.2. The van der Waals surface area contributed by atoms with Gasteiger partial charge < -0.3 is 34.9 Å². The summed E-state index contributed by atoms with van der Waals surface area (Å²) in [5.74, 6) is 2.46. The lowest BCUT2D eigenvalue weighted by Crippen LogP contribution is -2.24. The predicted octanol–water partition coefficient (Wildman–Crippen LogP) is 12.6. The maximum absolute atomic E-state index is 13.0. The molecule has 0 unspecified atom stereocenters. The fourth-order valence-electron chi connectivity index (χ4n) is 9.89. The molecule has 21 heteroatoms. The van der Waals surface area contributed by atoms with Gasteiger partial charge in [0.25, 0.3) is 0 Å². The highest BCUT2D eigenvalue weighted by Crippen LogP contribution is 2.36. The Bertz CT molecular complexity index is 3480. The lowest BCUT2D eigenvalue weighted by Gasteiger charge is -2.21. The minimum absolute atomic E-state index is 0.158. The number of H-pyrrole nitrogens is 3. The molecule has 4 fully saturated rings. The molecule has 4 aliphatic rings. The van der Waals surface area contributed by atoms with Crippen LogP contribution in [0.2, 0.25) is 0 Å². The first-order valence-corrected chi connectivity index (χ1v) is 31.6. The van der Waals surface area contributed by atoms with E-state index in [1.807, 2.05) is 107 Å². The number of ether oxygens (including phenoxy) is 4. The Kier molecular flexibility index (Phi) is 20.1. The average molecular weight is 1170 g/mol. The fourth-order valence-corrected chi connectivity index (χ4v) is 13.9. The van der Waals surface area contributed by atoms with Crippen molar-refractivity contribution in [2.24, 2.45) is 0 Å². The number of pyridine rings is 3. The van der Waals surface area contributed by atoms with E-state index in [2.05, 4.69) is 86.6 Å². The van der Waals surface area contributed by atoms with Crippen LogP contribution in [0.5, 0.6) is 0 Å². The van der Waals surface area contributed by atoms with Gasteiger partial charge in [0.1, 0.15) is 0 Å². The number of anilines is 6. The van der Waals surface area contributed by atoms with Gasteiger partial charge in [-0.25, -0.2) is 0 Å². The molecule has 13 rings (SSSR count). The van der Waals surface area contributed by atoms with Crippen LogP contribution in [-0.2, 0) is 40.5 Å². The summed E-state index contributed by atoms with van der Waals surface area (Å²) >= 11 is 1.94. The van der Waals surface area contributed by atoms with Crippen LogP contribution in [-0.4, -0.2) is 123 Å². The smallest absolute Gasteiger partial charge is 0.155 e. The van der Waals surface area contributed by atoms with Gasteiger partial charge in [-0.15, -0.1) is 11.8 Å². The number of benzene rings is 3. The Hall–Kier alpha value is -6.59. The van der Waals surface area contributed by atoms with Gasteiger partial charge >= 0.3 is 0 Å². The molecule has 0 saturated carbocycles. The van der Waals surface area contributed by atoms with E-state index in [0.29, 0.717) is 31.7 Å². The summed E-state index contributed by atoms with van der Waals surface area (Å²) in [6, 6.07) is 24.1. The number of hydrogen-bond acceptors (Lipinski definition) is 16. The molecule has 4 saturated heterocycles. The number of rotatable bonds is 12. The zero-order chi connectivity index (χ0) is 57.0. The van der Waals surface area contributed by atoms with Gasteiger partial charge in [-0.05, 0) is 166 Å². The predicted molar refractivity (Wildman–Crippen MR) is 330 cm³/mol. The molecule has 6 aromatic heterocycles. The lowest BCUT2D eigenvalue weighted by molar-refractivity contribution is 0.0991. The molecule has 18 nitrogen and oxygen atoms in total. The zero-order valence-corrected chi connectivity index (χ0v) is 50.0. The van der Waals surface area contributed by atoms with Crippen molar-refractivity contribution in [1.29, 1.82) is 0 Å². The Morgan fingerprint density at radius 1 is 0.451 bits per heavy atom. The van der Waals surface area contributed by atoms with Gasteiger partial charge in [0, 0.05) is 152 Å². The second-order valence-electron chi connectivity index (χ2n) is 20.9. The number of fused-ring (bicyclic) bond motifs is 3. The van der Waals surface area contributed by atoms with Crippen LogP contribution in [0.25, 0.3) is 32.7 Å². The normalized spacial score (nSPS) is 16.8. The molecule has 10 heterocycles. The summed E-state index contributed by atoms with van der Waals surface area (Å²) in [6.45, 7) is 18.6. The fraction of sp³-hybridized carbons (Fsp3) is 0.410. The monoisotopic (exact) mass is 1170 g/mol. The van der Waals surface area contributed by atoms with Gasteiger partial charge in [0.15, 0.2) is 17.5 Å². The van der Waals surface area contributed by atoms with Crippen molar-refractivity contribution in [2.75, 3.05) is 68.8 Å². The molecule has 2 atom stereocenters. The molecule has 432 valence electrons. The van der Waals surface area contributed by atoms with Crippen LogP contribution >= 0.6 is 11.8 Å². The highest BCUT2D eigenvalue weighted by Gasteiger charge is 2.24. The van der Waals surface area contributed by atoms with Gasteiger partial charge in [-0.1, -0.05) is 0 Å². The van der Waals surface area contributed by atoms with Gasteiger partial charge in [-0.3, -0.25) is 38.7 Å². The second kappa shape index (κ2) is 28.1. The Labute approximate surface area is 488 Å². The summed E-state index contributed by atoms with van der Waals surface area (Å²) in [7, 11) is -2.08. The van der Waals surface area contributed by atoms with E-state index in [9.17, 15) is 8.42 Å². The maximum Gasteiger partial charge on any atom is 0.155 e. The Morgan fingerprint density at radius 3 is 1.16 bits per heavy atom. The minimum Gasteiger partial charge on any atom is -0.381 e. The van der Waals surface area contributed by atoms with Gasteiger partial charge in [0.05, 0.1) is 55.2 Å². The van der Waals surface area contributed by atoms with Crippen molar-refractivity contribution in [3.63, 3.8) is 0 Å². The average Bonchev–Trinajstić information content (AvgIpc) is 4.37. The molecule has 0 aliphatic carbocycles. The molecule has 4 aliphatic heterocycles. The molecule has 0 amide bonds. The quantitative estimate of drug-likeness (QED) is 0.0668. The topological polar surface area (TPSA) is 232 Å². The standard InChI is InChI=1S/2C19H22N4O2S.C19H22N4OS.C4H8O/c2*1-12-13(2)22-23-19(12)21-18-5-8-20-17-4-3-15(11-16(17)18)26(24)14-6-9-25-10-7-14;1-12-13(2)22-23-19(12)21-18-5-8-20-17-4-3-15(11-16(17)18)25-14-6-9-24-10-7-14;1-2-4-5-3-1/h2*3-5,8,11,14H,6-7,9-10H2,1-2H3,(H2,20,21,22,23);3-5,8,11,14H,6-7,9-10H2,1-2H3,(H2,20,21,22,23);1-4H2/t2*26-;;/m10../s1. The summed E-state index contributed by atoms with van der Waals surface area (Å²) in [4.78, 5) is 16.3. The van der Waals surface area contributed by atoms with Gasteiger partial charge in [-0.2, -0.15) is 15.3 Å². The number of aromatic nitrogens is 9. The first kappa shape index (κ1) is 58.6. The highest BCUT2D eigenvalue weighted by molar-refractivity contribution is 8.00. The Morgan fingerprint density at radius 2 is 0.805 bits per heavy atom. The summed E-state index contributed by atoms with van der Waals surface area (Å²) in [6.07, 6.45) is 13.5. The van der Waals surface area contributed by atoms with E-state index in [4.69, 9.17) is 18.9 Å². The van der Waals surface area contributed by atoms with Crippen LogP contribution in [0.3, 0.4) is 0 Å². The third-order valence-corrected chi connectivity index (χ3v) is 20.3.